The van der Waals surface area contributed by atoms with E-state index in [0.717, 1.165) is 33.7 Å². The predicted molar refractivity (Wildman–Crippen MR) is 168 cm³/mol. The van der Waals surface area contributed by atoms with Crippen molar-refractivity contribution in [1.82, 2.24) is 0 Å². The molecule has 0 atom stereocenters. The molecule has 0 N–H and O–H groups in total. The molecule has 6 rings (SSSR count). The van der Waals surface area contributed by atoms with Crippen LogP contribution in [-0.2, 0) is 9.31 Å². The van der Waals surface area contributed by atoms with E-state index in [-0.39, 0.29) is 18.3 Å². The van der Waals surface area contributed by atoms with Gasteiger partial charge in [-0.25, -0.2) is 0 Å². The molecule has 1 aliphatic heterocycles. The van der Waals surface area contributed by atoms with Crippen molar-refractivity contribution >= 4 is 29.6 Å². The van der Waals surface area contributed by atoms with Gasteiger partial charge in [0.05, 0.1) is 11.2 Å². The molecule has 1 aliphatic rings. The summed E-state index contributed by atoms with van der Waals surface area (Å²) >= 11 is 0. The molecule has 0 amide bonds. The van der Waals surface area contributed by atoms with E-state index in [0.29, 0.717) is 0 Å². The quantitative estimate of drug-likeness (QED) is 0.208. The van der Waals surface area contributed by atoms with Crippen molar-refractivity contribution in [2.45, 2.75) is 38.9 Å². The van der Waals surface area contributed by atoms with Gasteiger partial charge in [-0.05, 0) is 91.8 Å². The van der Waals surface area contributed by atoms with Crippen LogP contribution in [-0.4, -0.2) is 18.3 Å². The van der Waals surface area contributed by atoms with Gasteiger partial charge in [0.1, 0.15) is 0 Å². The lowest BCUT2D eigenvalue weighted by Crippen LogP contribution is -2.41. The lowest BCUT2D eigenvalue weighted by molar-refractivity contribution is 0.00578. The van der Waals surface area contributed by atoms with Gasteiger partial charge in [-0.1, -0.05) is 97.1 Å². The zero-order chi connectivity index (χ0) is 27.7. The predicted octanol–water partition coefficient (Wildman–Crippen LogP) is 8.79. The summed E-state index contributed by atoms with van der Waals surface area (Å²) in [5.74, 6) is 0. The summed E-state index contributed by atoms with van der Waals surface area (Å²) in [4.78, 5) is 2.30. The Morgan fingerprint density at radius 2 is 0.900 bits per heavy atom. The first kappa shape index (κ1) is 26.1. The molecule has 0 aromatic heterocycles. The Morgan fingerprint density at radius 3 is 1.52 bits per heavy atom. The topological polar surface area (TPSA) is 21.7 Å². The molecule has 0 radical (unpaired) electrons. The molecule has 0 unspecified atom stereocenters. The van der Waals surface area contributed by atoms with Crippen LogP contribution in [0.1, 0.15) is 27.7 Å². The van der Waals surface area contributed by atoms with Gasteiger partial charge in [-0.3, -0.25) is 0 Å². The summed E-state index contributed by atoms with van der Waals surface area (Å²) in [6.07, 6.45) is 0. The molecule has 1 fully saturated rings. The standard InChI is InChI=1S/C36H34BNO2/c1-35(2)36(3,4)40-37(39-35)31-22-18-29(19-23-31)30-14-11-17-34(26-30)38(32-15-9-6-10-16-32)33-24-20-28(21-25-33)27-12-7-5-8-13-27/h5-26H,1-4H3. The fraction of sp³-hybridized carbons (Fsp3) is 0.167. The van der Waals surface area contributed by atoms with Crippen molar-refractivity contribution in [2.24, 2.45) is 0 Å². The molecule has 0 saturated carbocycles. The Bertz CT molecular complexity index is 1560. The monoisotopic (exact) mass is 523 g/mol. The number of rotatable bonds is 6. The summed E-state index contributed by atoms with van der Waals surface area (Å²) < 4.78 is 12.5. The molecule has 0 aliphatic carbocycles. The maximum atomic E-state index is 6.25. The fourth-order valence-electron chi connectivity index (χ4n) is 5.09. The normalized spacial score (nSPS) is 15.7. The van der Waals surface area contributed by atoms with Gasteiger partial charge in [0.2, 0.25) is 0 Å². The van der Waals surface area contributed by atoms with Crippen LogP contribution in [0.3, 0.4) is 0 Å². The van der Waals surface area contributed by atoms with Crippen LogP contribution in [0.5, 0.6) is 0 Å². The second kappa shape index (κ2) is 10.5. The van der Waals surface area contributed by atoms with Crippen molar-refractivity contribution in [1.29, 1.82) is 0 Å². The van der Waals surface area contributed by atoms with Crippen molar-refractivity contribution in [3.63, 3.8) is 0 Å². The van der Waals surface area contributed by atoms with Gasteiger partial charge >= 0.3 is 7.12 Å². The van der Waals surface area contributed by atoms with Gasteiger partial charge in [0.25, 0.3) is 0 Å². The van der Waals surface area contributed by atoms with E-state index in [4.69, 9.17) is 9.31 Å². The van der Waals surface area contributed by atoms with Crippen molar-refractivity contribution in [3.05, 3.63) is 133 Å². The third-order valence-corrected chi connectivity index (χ3v) is 8.12. The number of para-hydroxylation sites is 1. The second-order valence-electron chi connectivity index (χ2n) is 11.3. The van der Waals surface area contributed by atoms with Crippen LogP contribution < -0.4 is 10.4 Å². The molecule has 1 saturated heterocycles. The minimum Gasteiger partial charge on any atom is -0.399 e. The summed E-state index contributed by atoms with van der Waals surface area (Å²) in [6, 6.07) is 47.0. The Kier molecular flexibility index (Phi) is 6.83. The molecule has 40 heavy (non-hydrogen) atoms. The van der Waals surface area contributed by atoms with E-state index in [1.807, 2.05) is 6.07 Å². The Morgan fingerprint density at radius 1 is 0.450 bits per heavy atom. The first-order valence-corrected chi connectivity index (χ1v) is 13.9. The average Bonchev–Trinajstić information content (AvgIpc) is 3.21. The van der Waals surface area contributed by atoms with Crippen molar-refractivity contribution in [3.8, 4) is 22.3 Å². The zero-order valence-corrected chi connectivity index (χ0v) is 23.5. The molecule has 198 valence electrons. The van der Waals surface area contributed by atoms with Crippen molar-refractivity contribution in [2.75, 3.05) is 4.90 Å². The van der Waals surface area contributed by atoms with Gasteiger partial charge in [-0.15, -0.1) is 0 Å². The Labute approximate surface area is 238 Å². The number of hydrogen-bond acceptors (Lipinski definition) is 3. The van der Waals surface area contributed by atoms with Crippen molar-refractivity contribution < 1.29 is 9.31 Å². The molecule has 1 heterocycles. The largest absolute Gasteiger partial charge is 0.494 e. The number of benzene rings is 5. The highest BCUT2D eigenvalue weighted by Gasteiger charge is 2.51. The zero-order valence-electron chi connectivity index (χ0n) is 23.5. The summed E-state index contributed by atoms with van der Waals surface area (Å²) in [6.45, 7) is 8.34. The van der Waals surface area contributed by atoms with E-state index in [1.54, 1.807) is 0 Å². The van der Waals surface area contributed by atoms with Crippen LogP contribution in [0.2, 0.25) is 0 Å². The summed E-state index contributed by atoms with van der Waals surface area (Å²) in [7, 11) is -0.363. The second-order valence-corrected chi connectivity index (χ2v) is 11.3. The SMILES string of the molecule is CC1(C)OB(c2ccc(-c3cccc(N(c4ccccc4)c4ccc(-c5ccccc5)cc4)c3)cc2)OC1(C)C. The third-order valence-electron chi connectivity index (χ3n) is 8.12. The van der Waals surface area contributed by atoms with Gasteiger partial charge in [0, 0.05) is 17.1 Å². The maximum Gasteiger partial charge on any atom is 0.494 e. The van der Waals surface area contributed by atoms with Crippen LogP contribution >= 0.6 is 0 Å². The molecule has 0 bridgehead atoms. The molecule has 5 aromatic rings. The molecule has 5 aromatic carbocycles. The summed E-state index contributed by atoms with van der Waals surface area (Å²) in [5, 5.41) is 0. The first-order valence-electron chi connectivity index (χ1n) is 13.9. The minimum atomic E-state index is -0.363. The van der Waals surface area contributed by atoms with Gasteiger partial charge in [0.15, 0.2) is 0 Å². The molecule has 3 nitrogen and oxygen atoms in total. The van der Waals surface area contributed by atoms with E-state index < -0.39 is 0 Å². The van der Waals surface area contributed by atoms with Gasteiger partial charge < -0.3 is 14.2 Å². The van der Waals surface area contributed by atoms with Crippen LogP contribution in [0.15, 0.2) is 133 Å². The number of nitrogens with zero attached hydrogens (tertiary/aromatic N) is 1. The Balaban J connectivity index is 1.31. The highest BCUT2D eigenvalue weighted by molar-refractivity contribution is 6.62. The number of hydrogen-bond donors (Lipinski definition) is 0. The fourth-order valence-corrected chi connectivity index (χ4v) is 5.09. The van der Waals surface area contributed by atoms with Gasteiger partial charge in [-0.2, -0.15) is 0 Å². The lowest BCUT2D eigenvalue weighted by Gasteiger charge is -2.32. The molecular weight excluding hydrogens is 489 g/mol. The van der Waals surface area contributed by atoms with Crippen LogP contribution in [0.25, 0.3) is 22.3 Å². The first-order chi connectivity index (χ1) is 19.3. The third kappa shape index (κ3) is 5.09. The molecular formula is C36H34BNO2. The minimum absolute atomic E-state index is 0.356. The van der Waals surface area contributed by atoms with Crippen LogP contribution in [0.4, 0.5) is 17.1 Å². The number of anilines is 3. The highest BCUT2D eigenvalue weighted by Crippen LogP contribution is 2.38. The van der Waals surface area contributed by atoms with Crippen LogP contribution in [0, 0.1) is 0 Å². The molecule has 0 spiro atoms. The van der Waals surface area contributed by atoms with E-state index in [2.05, 4.69) is 160 Å². The highest BCUT2D eigenvalue weighted by atomic mass is 16.7. The van der Waals surface area contributed by atoms with E-state index in [9.17, 15) is 0 Å². The smallest absolute Gasteiger partial charge is 0.399 e. The lowest BCUT2D eigenvalue weighted by atomic mass is 9.78. The average molecular weight is 523 g/mol. The van der Waals surface area contributed by atoms with E-state index in [1.165, 1.54) is 11.1 Å². The summed E-state index contributed by atoms with van der Waals surface area (Å²) in [5.41, 5.74) is 8.36. The maximum absolute atomic E-state index is 6.25. The molecule has 4 heteroatoms. The Hall–Kier alpha value is -4.12. The van der Waals surface area contributed by atoms with E-state index >= 15 is 0 Å².